The number of hydrogen-bond acceptors (Lipinski definition) is 3. The molecule has 0 aromatic carbocycles. The summed E-state index contributed by atoms with van der Waals surface area (Å²) in [7, 11) is 3.63. The number of nitrogens with zero attached hydrogens (tertiary/aromatic N) is 1. The molecule has 4 nitrogen and oxygen atoms in total. The van der Waals surface area contributed by atoms with E-state index in [1.165, 1.54) is 0 Å². The Balaban J connectivity index is 3.22. The second-order valence-corrected chi connectivity index (χ2v) is 2.61. The number of ether oxygens (including phenoxy) is 1. The van der Waals surface area contributed by atoms with E-state index in [4.69, 9.17) is 15.9 Å². The lowest BCUT2D eigenvalue weighted by atomic mass is 10.4. The van der Waals surface area contributed by atoms with Crippen LogP contribution in [-0.4, -0.2) is 44.6 Å². The van der Waals surface area contributed by atoms with Gasteiger partial charge in [0.1, 0.15) is 5.84 Å². The zero-order valence-corrected chi connectivity index (χ0v) is 7.26. The standard InChI is InChI=1S/C7H17N3O/c1-10(6-7(8)9)4-3-5-11-2/h3-6H2,1-2H3,(H3,8,9). The Labute approximate surface area is 67.8 Å². The molecule has 0 aliphatic heterocycles. The predicted molar refractivity (Wildman–Crippen MR) is 45.9 cm³/mol. The summed E-state index contributed by atoms with van der Waals surface area (Å²) < 4.78 is 4.89. The van der Waals surface area contributed by atoms with Crippen LogP contribution >= 0.6 is 0 Å². The Morgan fingerprint density at radius 2 is 2.27 bits per heavy atom. The van der Waals surface area contributed by atoms with Crippen molar-refractivity contribution in [1.29, 1.82) is 5.41 Å². The summed E-state index contributed by atoms with van der Waals surface area (Å²) in [6.07, 6.45) is 0.986. The molecule has 3 N–H and O–H groups in total. The van der Waals surface area contributed by atoms with Gasteiger partial charge >= 0.3 is 0 Å². The molecule has 11 heavy (non-hydrogen) atoms. The van der Waals surface area contributed by atoms with Gasteiger partial charge in [-0.2, -0.15) is 0 Å². The van der Waals surface area contributed by atoms with Crippen LogP contribution in [0.2, 0.25) is 0 Å². The molecule has 0 spiro atoms. The van der Waals surface area contributed by atoms with Crippen molar-refractivity contribution in [2.45, 2.75) is 6.42 Å². The second-order valence-electron chi connectivity index (χ2n) is 2.61. The van der Waals surface area contributed by atoms with E-state index in [1.54, 1.807) is 7.11 Å². The van der Waals surface area contributed by atoms with E-state index in [9.17, 15) is 0 Å². The van der Waals surface area contributed by atoms with Crippen LogP contribution in [0.3, 0.4) is 0 Å². The Morgan fingerprint density at radius 1 is 1.64 bits per heavy atom. The average Bonchev–Trinajstić information content (AvgIpc) is 1.86. The first-order valence-corrected chi connectivity index (χ1v) is 3.67. The van der Waals surface area contributed by atoms with E-state index >= 15 is 0 Å². The maximum Gasteiger partial charge on any atom is 0.105 e. The van der Waals surface area contributed by atoms with Gasteiger partial charge in [-0.25, -0.2) is 0 Å². The van der Waals surface area contributed by atoms with Crippen LogP contribution in [0.5, 0.6) is 0 Å². The number of hydrogen-bond donors (Lipinski definition) is 2. The molecule has 0 amide bonds. The normalized spacial score (nSPS) is 10.5. The van der Waals surface area contributed by atoms with E-state index in [1.807, 2.05) is 11.9 Å². The van der Waals surface area contributed by atoms with Crippen molar-refractivity contribution in [3.8, 4) is 0 Å². The first-order valence-electron chi connectivity index (χ1n) is 3.67. The van der Waals surface area contributed by atoms with Gasteiger partial charge in [-0.1, -0.05) is 0 Å². The lowest BCUT2D eigenvalue weighted by molar-refractivity contribution is 0.182. The van der Waals surface area contributed by atoms with E-state index in [-0.39, 0.29) is 5.84 Å². The summed E-state index contributed by atoms with van der Waals surface area (Å²) in [5.74, 6) is 0.213. The minimum atomic E-state index is 0.213. The molecular weight excluding hydrogens is 142 g/mol. The molecule has 0 saturated heterocycles. The zero-order chi connectivity index (χ0) is 8.69. The van der Waals surface area contributed by atoms with E-state index in [0.717, 1.165) is 19.6 Å². The summed E-state index contributed by atoms with van der Waals surface area (Å²) in [6.45, 7) is 2.24. The minimum Gasteiger partial charge on any atom is -0.387 e. The third-order valence-electron chi connectivity index (χ3n) is 1.33. The van der Waals surface area contributed by atoms with E-state index in [0.29, 0.717) is 6.54 Å². The molecule has 0 aliphatic carbocycles. The molecule has 0 aromatic rings. The number of likely N-dealkylation sites (N-methyl/N-ethyl adjacent to an activating group) is 1. The smallest absolute Gasteiger partial charge is 0.105 e. The van der Waals surface area contributed by atoms with Crippen molar-refractivity contribution in [2.24, 2.45) is 5.73 Å². The van der Waals surface area contributed by atoms with Crippen molar-refractivity contribution >= 4 is 5.84 Å². The summed E-state index contributed by atoms with van der Waals surface area (Å²) in [4.78, 5) is 2.00. The van der Waals surface area contributed by atoms with Gasteiger partial charge in [0.2, 0.25) is 0 Å². The van der Waals surface area contributed by atoms with Crippen molar-refractivity contribution in [1.82, 2.24) is 4.90 Å². The van der Waals surface area contributed by atoms with Crippen LogP contribution in [0.15, 0.2) is 0 Å². The molecule has 66 valence electrons. The van der Waals surface area contributed by atoms with Gasteiger partial charge in [-0.05, 0) is 13.5 Å². The summed E-state index contributed by atoms with van der Waals surface area (Å²) in [5, 5.41) is 7.01. The maximum atomic E-state index is 7.01. The van der Waals surface area contributed by atoms with Gasteiger partial charge in [0.05, 0.1) is 6.54 Å². The van der Waals surface area contributed by atoms with Gasteiger partial charge in [-0.15, -0.1) is 0 Å². The van der Waals surface area contributed by atoms with Gasteiger partial charge < -0.3 is 10.5 Å². The van der Waals surface area contributed by atoms with Crippen LogP contribution in [0.1, 0.15) is 6.42 Å². The highest BCUT2D eigenvalue weighted by Gasteiger charge is 1.98. The Bertz CT molecular complexity index is 116. The van der Waals surface area contributed by atoms with E-state index < -0.39 is 0 Å². The lowest BCUT2D eigenvalue weighted by Gasteiger charge is -2.14. The summed E-state index contributed by atoms with van der Waals surface area (Å²) in [6, 6.07) is 0. The van der Waals surface area contributed by atoms with Crippen LogP contribution in [-0.2, 0) is 4.74 Å². The van der Waals surface area contributed by atoms with E-state index in [2.05, 4.69) is 0 Å². The Morgan fingerprint density at radius 3 is 2.73 bits per heavy atom. The molecule has 0 bridgehead atoms. The highest BCUT2D eigenvalue weighted by atomic mass is 16.5. The number of nitrogens with two attached hydrogens (primary N) is 1. The molecule has 4 heteroatoms. The molecule has 0 rings (SSSR count). The fraction of sp³-hybridized carbons (Fsp3) is 0.857. The van der Waals surface area contributed by atoms with Gasteiger partial charge in [0.25, 0.3) is 0 Å². The molecule has 0 fully saturated rings. The first kappa shape index (κ1) is 10.4. The molecule has 0 atom stereocenters. The minimum absolute atomic E-state index is 0.213. The van der Waals surface area contributed by atoms with Crippen molar-refractivity contribution < 1.29 is 4.74 Å². The van der Waals surface area contributed by atoms with Crippen LogP contribution in [0, 0.1) is 5.41 Å². The molecule has 0 aromatic heterocycles. The quantitative estimate of drug-likeness (QED) is 0.323. The SMILES string of the molecule is COCCCN(C)CC(=N)N. The average molecular weight is 159 g/mol. The molecule has 0 saturated carbocycles. The predicted octanol–water partition coefficient (Wildman–Crippen LogP) is -0.109. The topological polar surface area (TPSA) is 62.3 Å². The fourth-order valence-corrected chi connectivity index (χ4v) is 0.849. The first-order chi connectivity index (χ1) is 5.16. The van der Waals surface area contributed by atoms with Crippen LogP contribution in [0.4, 0.5) is 0 Å². The largest absolute Gasteiger partial charge is 0.387 e. The molecule has 0 heterocycles. The molecule has 0 unspecified atom stereocenters. The van der Waals surface area contributed by atoms with Crippen molar-refractivity contribution in [2.75, 3.05) is 33.9 Å². The third-order valence-corrected chi connectivity index (χ3v) is 1.33. The number of rotatable bonds is 6. The van der Waals surface area contributed by atoms with Gasteiger partial charge in [0, 0.05) is 20.3 Å². The number of methoxy groups -OCH3 is 1. The highest BCUT2D eigenvalue weighted by Crippen LogP contribution is 1.86. The maximum absolute atomic E-state index is 7.01. The Kier molecular flexibility index (Phi) is 5.78. The van der Waals surface area contributed by atoms with Crippen LogP contribution in [0.25, 0.3) is 0 Å². The van der Waals surface area contributed by atoms with Crippen molar-refractivity contribution in [3.05, 3.63) is 0 Å². The zero-order valence-electron chi connectivity index (χ0n) is 7.26. The molecule has 0 radical (unpaired) electrons. The lowest BCUT2D eigenvalue weighted by Crippen LogP contribution is -2.31. The van der Waals surface area contributed by atoms with Crippen LogP contribution < -0.4 is 5.73 Å². The summed E-state index contributed by atoms with van der Waals surface area (Å²) in [5.41, 5.74) is 5.21. The van der Waals surface area contributed by atoms with Gasteiger partial charge in [-0.3, -0.25) is 10.3 Å². The third kappa shape index (κ3) is 7.29. The number of nitrogens with one attached hydrogen (secondary N) is 1. The monoisotopic (exact) mass is 159 g/mol. The Hall–Kier alpha value is -0.610. The summed E-state index contributed by atoms with van der Waals surface area (Å²) >= 11 is 0. The second kappa shape index (κ2) is 6.12. The fourth-order valence-electron chi connectivity index (χ4n) is 0.849. The van der Waals surface area contributed by atoms with Crippen molar-refractivity contribution in [3.63, 3.8) is 0 Å². The molecular formula is C7H17N3O. The molecule has 0 aliphatic rings. The highest BCUT2D eigenvalue weighted by molar-refractivity contribution is 5.78. The van der Waals surface area contributed by atoms with Gasteiger partial charge in [0.15, 0.2) is 0 Å². The number of amidine groups is 1.